The van der Waals surface area contributed by atoms with Crippen LogP contribution in [-0.2, 0) is 47.6 Å². The van der Waals surface area contributed by atoms with Crippen LogP contribution >= 0.6 is 15.5 Å². The Hall–Kier alpha value is -8.61. The number of halogens is 3. The van der Waals surface area contributed by atoms with Gasteiger partial charge in [-0.25, -0.2) is 9.13 Å². The fourth-order valence-corrected chi connectivity index (χ4v) is 10.5. The van der Waals surface area contributed by atoms with Crippen molar-refractivity contribution in [2.45, 2.75) is 52.2 Å². The molecular weight excluding hydrogens is 1050 g/mol. The molecule has 8 aromatic rings. The first-order chi connectivity index (χ1) is 36.7. The smallest absolute Gasteiger partial charge is 0.460 e. The molecule has 18 nitrogen and oxygen atoms in total. The number of nitrogens with one attached hydrogen (secondary N) is 2. The number of aryl methyl sites for hydroxylation is 1. The number of hydrogen-bond acceptors (Lipinski definition) is 14. The lowest BCUT2D eigenvalue weighted by Crippen LogP contribution is -2.36. The van der Waals surface area contributed by atoms with Gasteiger partial charge in [0.2, 0.25) is 5.75 Å². The van der Waals surface area contributed by atoms with Crippen molar-refractivity contribution in [1.82, 2.24) is 10.2 Å². The minimum absolute atomic E-state index is 0.0441. The van der Waals surface area contributed by atoms with E-state index < -0.39 is 72.5 Å². The van der Waals surface area contributed by atoms with E-state index in [1.54, 1.807) is 85.8 Å². The molecule has 0 fully saturated rings. The predicted molar refractivity (Wildman–Crippen MR) is 279 cm³/mol. The molecule has 4 atom stereocenters. The maximum absolute atomic E-state index is 14.1. The normalized spacial score (nSPS) is 13.5. The van der Waals surface area contributed by atoms with Crippen molar-refractivity contribution >= 4 is 60.4 Å². The van der Waals surface area contributed by atoms with Crippen molar-refractivity contribution in [3.63, 3.8) is 0 Å². The van der Waals surface area contributed by atoms with Gasteiger partial charge in [0.05, 0.1) is 9.85 Å². The highest BCUT2D eigenvalue weighted by atomic mass is 31.2. The van der Waals surface area contributed by atoms with Crippen LogP contribution in [0.15, 0.2) is 182 Å². The Morgan fingerprint density at radius 1 is 0.545 bits per heavy atom. The lowest BCUT2D eigenvalue weighted by Gasteiger charge is -2.24. The quantitative estimate of drug-likeness (QED) is 0.0312. The maximum Gasteiger partial charge on any atom is 0.513 e. The molecule has 0 amide bonds. The molecule has 0 saturated heterocycles. The van der Waals surface area contributed by atoms with Gasteiger partial charge < -0.3 is 27.6 Å². The Morgan fingerprint density at radius 2 is 0.974 bits per heavy atom. The van der Waals surface area contributed by atoms with E-state index in [0.29, 0.717) is 33.4 Å². The molecule has 0 aliphatic rings. The summed E-state index contributed by atoms with van der Waals surface area (Å²) in [7, 11) is -9.25. The third-order valence-electron chi connectivity index (χ3n) is 11.1. The standard InChI is InChI=1S/C27H22F3N2O7P.C27H25N2O7P/c1-18(26(33)37-17-19-9-3-2-4-10-19)31-40(36,38-24-16-7-12-20-11-5-6-13-21(20)24)39-25-22(27(28,29)30)14-8-15-23(25)32(34)35;1-19-17-23(29(31)32)15-16-25(19)35-37(33,36-26-14-8-12-22-11-6-7-13-24(22)26)28-20(2)27(30)34-18-21-9-4-3-5-10-21/h2-16,18H,17H2,1H3,(H,31,36);3-17,20H,18H2,1-2H3,(H,28,33)/t18-,40?;20-,37?/m00/s1. The molecule has 0 bridgehead atoms. The highest BCUT2D eigenvalue weighted by Gasteiger charge is 2.43. The number of fused-ring (bicyclic) bond motifs is 2. The molecule has 0 aliphatic carbocycles. The van der Waals surface area contributed by atoms with E-state index in [-0.39, 0.29) is 36.1 Å². The maximum atomic E-state index is 14.1. The number of rotatable bonds is 20. The van der Waals surface area contributed by atoms with Crippen molar-refractivity contribution in [3.8, 4) is 23.0 Å². The van der Waals surface area contributed by atoms with Crippen LogP contribution in [-0.4, -0.2) is 33.9 Å². The summed E-state index contributed by atoms with van der Waals surface area (Å²) in [5.41, 5.74) is -0.958. The molecule has 0 heterocycles. The number of hydrogen-bond donors (Lipinski definition) is 2. The van der Waals surface area contributed by atoms with Gasteiger partial charge in [-0.2, -0.15) is 23.3 Å². The second-order valence-corrected chi connectivity index (χ2v) is 20.1. The number of carbonyl (C=O) groups is 2. The number of nitro groups is 2. The second kappa shape index (κ2) is 24.8. The number of ether oxygens (including phenoxy) is 2. The van der Waals surface area contributed by atoms with Gasteiger partial charge in [0.1, 0.15) is 48.1 Å². The zero-order valence-electron chi connectivity index (χ0n) is 41.0. The van der Waals surface area contributed by atoms with Crippen LogP contribution in [0.4, 0.5) is 24.5 Å². The molecule has 8 rings (SSSR count). The van der Waals surface area contributed by atoms with Crippen LogP contribution < -0.4 is 28.3 Å². The SMILES string of the molecule is C[C@H](NP(=O)(Oc1c([N+](=O)[O-])cccc1C(F)(F)F)Oc1cccc2ccccc12)C(=O)OCc1ccccc1.Cc1cc([N+](=O)[O-])ccc1OP(=O)(N[C@@H](C)C(=O)OCc1ccccc1)Oc1cccc2ccccc12. The number of nitro benzene ring substituents is 2. The lowest BCUT2D eigenvalue weighted by atomic mass is 10.1. The van der Waals surface area contributed by atoms with Crippen LogP contribution in [0, 0.1) is 27.2 Å². The zero-order valence-corrected chi connectivity index (χ0v) is 42.8. The lowest BCUT2D eigenvalue weighted by molar-refractivity contribution is -0.385. The first-order valence-electron chi connectivity index (χ1n) is 23.2. The molecule has 0 aromatic heterocycles. The first kappa shape index (κ1) is 56.1. The highest BCUT2D eigenvalue weighted by molar-refractivity contribution is 7.52. The van der Waals surface area contributed by atoms with E-state index in [0.717, 1.165) is 23.1 Å². The van der Waals surface area contributed by atoms with Gasteiger partial charge in [0.15, 0.2) is 0 Å². The number of non-ortho nitro benzene ring substituents is 1. The Bertz CT molecular complexity index is 3510. The average Bonchev–Trinajstić information content (AvgIpc) is 3.43. The largest absolute Gasteiger partial charge is 0.513 e. The Labute approximate surface area is 438 Å². The predicted octanol–water partition coefficient (Wildman–Crippen LogP) is 13.4. The minimum atomic E-state index is -5.11. The number of para-hydroxylation sites is 1. The Balaban J connectivity index is 0.000000224. The molecule has 0 aliphatic heterocycles. The summed E-state index contributed by atoms with van der Waals surface area (Å²) in [5.74, 6) is -2.60. The summed E-state index contributed by atoms with van der Waals surface area (Å²) >= 11 is 0. The van der Waals surface area contributed by atoms with Crippen LogP contribution in [0.2, 0.25) is 0 Å². The molecule has 398 valence electrons. The summed E-state index contributed by atoms with van der Waals surface area (Å²) in [6.45, 7) is 4.21. The first-order valence-corrected chi connectivity index (χ1v) is 26.3. The summed E-state index contributed by atoms with van der Waals surface area (Å²) in [6.07, 6.45) is -5.11. The Morgan fingerprint density at radius 3 is 1.43 bits per heavy atom. The fourth-order valence-electron chi connectivity index (χ4n) is 7.33. The summed E-state index contributed by atoms with van der Waals surface area (Å²) in [4.78, 5) is 46.5. The molecule has 0 radical (unpaired) electrons. The monoisotopic (exact) mass is 1090 g/mol. The third-order valence-corrected chi connectivity index (χ3v) is 14.2. The van der Waals surface area contributed by atoms with Gasteiger partial charge in [0.25, 0.3) is 5.69 Å². The average molecular weight is 1090 g/mol. The molecule has 0 spiro atoms. The van der Waals surface area contributed by atoms with Crippen LogP contribution in [0.5, 0.6) is 23.0 Å². The van der Waals surface area contributed by atoms with Crippen LogP contribution in [0.25, 0.3) is 21.5 Å². The van der Waals surface area contributed by atoms with Gasteiger partial charge in [-0.05, 0) is 72.5 Å². The van der Waals surface area contributed by atoms with Crippen LogP contribution in [0.1, 0.15) is 36.1 Å². The summed E-state index contributed by atoms with van der Waals surface area (Å²) < 4.78 is 103. The molecule has 77 heavy (non-hydrogen) atoms. The van der Waals surface area contributed by atoms with E-state index >= 15 is 0 Å². The van der Waals surface area contributed by atoms with Gasteiger partial charge in [-0.15, -0.1) is 0 Å². The molecular formula is C54H47F3N4O14P2. The topological polar surface area (TPSA) is 234 Å². The summed E-state index contributed by atoms with van der Waals surface area (Å²) in [5, 5.41) is 30.3. The van der Waals surface area contributed by atoms with Crippen molar-refractivity contribution in [2.24, 2.45) is 0 Å². The third kappa shape index (κ3) is 15.0. The van der Waals surface area contributed by atoms with Crippen molar-refractivity contribution in [1.29, 1.82) is 0 Å². The number of carbonyl (C=O) groups excluding carboxylic acids is 2. The second-order valence-electron chi connectivity index (χ2n) is 16.8. The fraction of sp³-hybridized carbons (Fsp3) is 0.148. The molecule has 0 saturated carbocycles. The zero-order chi connectivity index (χ0) is 55.3. The molecule has 2 N–H and O–H groups in total. The van der Waals surface area contributed by atoms with Crippen molar-refractivity contribution in [2.75, 3.05) is 0 Å². The minimum Gasteiger partial charge on any atom is -0.460 e. The molecule has 8 aromatic carbocycles. The van der Waals surface area contributed by atoms with Gasteiger partial charge in [-0.1, -0.05) is 140 Å². The molecule has 2 unspecified atom stereocenters. The van der Waals surface area contributed by atoms with Crippen LogP contribution in [0.3, 0.4) is 0 Å². The van der Waals surface area contributed by atoms with Crippen molar-refractivity contribution in [3.05, 3.63) is 224 Å². The number of esters is 2. The van der Waals surface area contributed by atoms with Crippen molar-refractivity contribution < 1.29 is 69.3 Å². The van der Waals surface area contributed by atoms with E-state index in [4.69, 9.17) is 27.6 Å². The van der Waals surface area contributed by atoms with E-state index in [1.807, 2.05) is 60.7 Å². The van der Waals surface area contributed by atoms with Gasteiger partial charge in [-0.3, -0.25) is 29.8 Å². The van der Waals surface area contributed by atoms with E-state index in [9.17, 15) is 52.1 Å². The number of nitrogens with zero attached hydrogens (tertiary/aromatic N) is 2. The van der Waals surface area contributed by atoms with E-state index in [1.165, 1.54) is 38.1 Å². The molecule has 23 heteroatoms. The Kier molecular flexibility index (Phi) is 18.1. The van der Waals surface area contributed by atoms with Gasteiger partial charge >= 0.3 is 39.3 Å². The number of alkyl halides is 3. The van der Waals surface area contributed by atoms with E-state index in [2.05, 4.69) is 10.2 Å². The highest BCUT2D eigenvalue weighted by Crippen LogP contribution is 2.53. The summed E-state index contributed by atoms with van der Waals surface area (Å²) in [6, 6.07) is 45.3. The van der Waals surface area contributed by atoms with Gasteiger partial charge in [0, 0.05) is 29.0 Å². The number of benzene rings is 8.